The number of amides is 1. The molecule has 100 valence electrons. The number of carboxylic acids is 1. The summed E-state index contributed by atoms with van der Waals surface area (Å²) in [4.78, 5) is 22.7. The molecule has 0 aliphatic carbocycles. The number of H-pyrrole nitrogens is 1. The van der Waals surface area contributed by atoms with Crippen LogP contribution in [0.3, 0.4) is 0 Å². The standard InChI is InChI=1S/C12H14N4O3/c1-7(2)16-5-3-4-9(16)11(17)13-10-6-8(12(18)19)14-15-10/h3-7H,1-2H3,(H,18,19)(H2,13,14,15,17). The highest BCUT2D eigenvalue weighted by Gasteiger charge is 2.15. The maximum absolute atomic E-state index is 12.0. The predicted molar refractivity (Wildman–Crippen MR) is 68.3 cm³/mol. The third-order valence-corrected chi connectivity index (χ3v) is 2.62. The number of aromatic amines is 1. The molecule has 0 bridgehead atoms. The number of rotatable bonds is 4. The van der Waals surface area contributed by atoms with E-state index in [2.05, 4.69) is 15.5 Å². The molecule has 0 aliphatic rings. The minimum absolute atomic E-state index is 0.0745. The number of anilines is 1. The number of nitrogens with zero attached hydrogens (tertiary/aromatic N) is 2. The average molecular weight is 262 g/mol. The first-order chi connectivity index (χ1) is 8.99. The lowest BCUT2D eigenvalue weighted by molar-refractivity contribution is 0.0690. The topological polar surface area (TPSA) is 100 Å². The van der Waals surface area contributed by atoms with Crippen LogP contribution in [0.25, 0.3) is 0 Å². The maximum Gasteiger partial charge on any atom is 0.353 e. The highest BCUT2D eigenvalue weighted by molar-refractivity contribution is 6.03. The number of aromatic carboxylic acids is 1. The first-order valence-corrected chi connectivity index (χ1v) is 5.76. The molecule has 0 aromatic carbocycles. The van der Waals surface area contributed by atoms with Crippen molar-refractivity contribution in [3.63, 3.8) is 0 Å². The summed E-state index contributed by atoms with van der Waals surface area (Å²) in [6.45, 7) is 3.93. The van der Waals surface area contributed by atoms with Gasteiger partial charge in [0, 0.05) is 18.3 Å². The summed E-state index contributed by atoms with van der Waals surface area (Å²) in [7, 11) is 0. The Morgan fingerprint density at radius 1 is 1.47 bits per heavy atom. The van der Waals surface area contributed by atoms with Crippen molar-refractivity contribution >= 4 is 17.7 Å². The summed E-state index contributed by atoms with van der Waals surface area (Å²) in [5, 5.41) is 17.3. The molecule has 0 atom stereocenters. The molecular weight excluding hydrogens is 248 g/mol. The van der Waals surface area contributed by atoms with Crippen molar-refractivity contribution in [3.8, 4) is 0 Å². The minimum Gasteiger partial charge on any atom is -0.477 e. The van der Waals surface area contributed by atoms with Crippen molar-refractivity contribution in [1.29, 1.82) is 0 Å². The molecule has 0 saturated heterocycles. The van der Waals surface area contributed by atoms with Crippen molar-refractivity contribution in [2.24, 2.45) is 0 Å². The average Bonchev–Trinajstić information content (AvgIpc) is 2.96. The van der Waals surface area contributed by atoms with Gasteiger partial charge in [-0.1, -0.05) is 0 Å². The summed E-state index contributed by atoms with van der Waals surface area (Å²) in [6.07, 6.45) is 1.81. The first kappa shape index (κ1) is 12.9. The molecule has 0 fully saturated rings. The fourth-order valence-electron chi connectivity index (χ4n) is 1.71. The first-order valence-electron chi connectivity index (χ1n) is 5.76. The van der Waals surface area contributed by atoms with E-state index in [1.54, 1.807) is 12.1 Å². The van der Waals surface area contributed by atoms with Crippen LogP contribution in [0.1, 0.15) is 40.9 Å². The van der Waals surface area contributed by atoms with Crippen LogP contribution in [0.2, 0.25) is 0 Å². The second kappa shape index (κ2) is 4.97. The number of carbonyl (C=O) groups is 2. The highest BCUT2D eigenvalue weighted by Crippen LogP contribution is 2.13. The van der Waals surface area contributed by atoms with Crippen LogP contribution >= 0.6 is 0 Å². The van der Waals surface area contributed by atoms with Crippen molar-refractivity contribution < 1.29 is 14.7 Å². The monoisotopic (exact) mass is 262 g/mol. The van der Waals surface area contributed by atoms with E-state index in [1.807, 2.05) is 24.6 Å². The van der Waals surface area contributed by atoms with E-state index < -0.39 is 5.97 Å². The Morgan fingerprint density at radius 2 is 2.21 bits per heavy atom. The number of nitrogens with one attached hydrogen (secondary N) is 2. The van der Waals surface area contributed by atoms with E-state index in [4.69, 9.17) is 5.11 Å². The van der Waals surface area contributed by atoms with E-state index in [1.165, 1.54) is 6.07 Å². The van der Waals surface area contributed by atoms with Gasteiger partial charge in [0.05, 0.1) is 0 Å². The Bertz CT molecular complexity index is 612. The van der Waals surface area contributed by atoms with E-state index in [-0.39, 0.29) is 23.5 Å². The molecular formula is C12H14N4O3. The van der Waals surface area contributed by atoms with Gasteiger partial charge in [-0.3, -0.25) is 9.89 Å². The van der Waals surface area contributed by atoms with Gasteiger partial charge in [-0.25, -0.2) is 4.79 Å². The normalized spacial score (nSPS) is 10.7. The van der Waals surface area contributed by atoms with Gasteiger partial charge in [-0.05, 0) is 26.0 Å². The van der Waals surface area contributed by atoms with Crippen molar-refractivity contribution in [2.75, 3.05) is 5.32 Å². The van der Waals surface area contributed by atoms with Crippen molar-refractivity contribution in [2.45, 2.75) is 19.9 Å². The fraction of sp³-hybridized carbons (Fsp3) is 0.250. The molecule has 0 saturated carbocycles. The van der Waals surface area contributed by atoms with Crippen molar-refractivity contribution in [3.05, 3.63) is 35.8 Å². The van der Waals surface area contributed by atoms with Gasteiger partial charge < -0.3 is 15.0 Å². The van der Waals surface area contributed by atoms with Gasteiger partial charge in [-0.15, -0.1) is 0 Å². The lowest BCUT2D eigenvalue weighted by Gasteiger charge is -2.11. The van der Waals surface area contributed by atoms with Gasteiger partial charge in [0.15, 0.2) is 5.82 Å². The Morgan fingerprint density at radius 3 is 2.79 bits per heavy atom. The van der Waals surface area contributed by atoms with Crippen LogP contribution in [-0.4, -0.2) is 31.7 Å². The predicted octanol–water partition coefficient (Wildman–Crippen LogP) is 1.74. The summed E-state index contributed by atoms with van der Waals surface area (Å²) in [5.74, 6) is -1.28. The summed E-state index contributed by atoms with van der Waals surface area (Å²) >= 11 is 0. The van der Waals surface area contributed by atoms with Crippen LogP contribution in [0, 0.1) is 0 Å². The molecule has 7 heteroatoms. The molecule has 7 nitrogen and oxygen atoms in total. The fourth-order valence-corrected chi connectivity index (χ4v) is 1.71. The van der Waals surface area contributed by atoms with E-state index >= 15 is 0 Å². The Labute approximate surface area is 109 Å². The molecule has 0 unspecified atom stereocenters. The molecule has 2 aromatic rings. The molecule has 19 heavy (non-hydrogen) atoms. The maximum atomic E-state index is 12.0. The molecule has 2 heterocycles. The van der Waals surface area contributed by atoms with Crippen molar-refractivity contribution in [1.82, 2.24) is 14.8 Å². The highest BCUT2D eigenvalue weighted by atomic mass is 16.4. The van der Waals surface area contributed by atoms with E-state index in [0.717, 1.165) is 0 Å². The Balaban J connectivity index is 2.16. The van der Waals surface area contributed by atoms with E-state index in [0.29, 0.717) is 5.69 Å². The van der Waals surface area contributed by atoms with Crippen LogP contribution in [0.4, 0.5) is 5.82 Å². The molecule has 2 rings (SSSR count). The minimum atomic E-state index is -1.13. The van der Waals surface area contributed by atoms with E-state index in [9.17, 15) is 9.59 Å². The second-order valence-corrected chi connectivity index (χ2v) is 4.32. The Hall–Kier alpha value is -2.57. The third kappa shape index (κ3) is 2.65. The number of hydrogen-bond acceptors (Lipinski definition) is 3. The largest absolute Gasteiger partial charge is 0.477 e. The van der Waals surface area contributed by atoms with Crippen LogP contribution in [0.5, 0.6) is 0 Å². The van der Waals surface area contributed by atoms with Crippen LogP contribution < -0.4 is 5.32 Å². The summed E-state index contributed by atoms with van der Waals surface area (Å²) in [5.41, 5.74) is 0.421. The zero-order valence-electron chi connectivity index (χ0n) is 10.5. The second-order valence-electron chi connectivity index (χ2n) is 4.32. The molecule has 2 aromatic heterocycles. The number of carbonyl (C=O) groups excluding carboxylic acids is 1. The van der Waals surface area contributed by atoms with Gasteiger partial charge in [0.1, 0.15) is 11.4 Å². The zero-order chi connectivity index (χ0) is 14.0. The number of aromatic nitrogens is 3. The Kier molecular flexibility index (Phi) is 3.37. The van der Waals surface area contributed by atoms with Gasteiger partial charge in [0.25, 0.3) is 5.91 Å². The van der Waals surface area contributed by atoms with Crippen LogP contribution in [-0.2, 0) is 0 Å². The number of hydrogen-bond donors (Lipinski definition) is 3. The van der Waals surface area contributed by atoms with Gasteiger partial charge in [0.2, 0.25) is 0 Å². The molecule has 0 radical (unpaired) electrons. The van der Waals surface area contributed by atoms with Crippen LogP contribution in [0.15, 0.2) is 24.4 Å². The lowest BCUT2D eigenvalue weighted by Crippen LogP contribution is -2.17. The summed E-state index contributed by atoms with van der Waals surface area (Å²) < 4.78 is 1.82. The smallest absolute Gasteiger partial charge is 0.353 e. The third-order valence-electron chi connectivity index (χ3n) is 2.62. The zero-order valence-corrected chi connectivity index (χ0v) is 10.5. The summed E-state index contributed by atoms with van der Waals surface area (Å²) in [6, 6.07) is 4.90. The molecule has 0 aliphatic heterocycles. The quantitative estimate of drug-likeness (QED) is 0.781. The molecule has 3 N–H and O–H groups in total. The van der Waals surface area contributed by atoms with Gasteiger partial charge >= 0.3 is 5.97 Å². The SMILES string of the molecule is CC(C)n1cccc1C(=O)Nc1cc(C(=O)O)[nH]n1. The molecule has 1 amide bonds. The van der Waals surface area contributed by atoms with Gasteiger partial charge in [-0.2, -0.15) is 5.10 Å². The molecule has 0 spiro atoms. The lowest BCUT2D eigenvalue weighted by atomic mass is 10.3. The number of carboxylic acid groups (broad SMARTS) is 1.